The standard InChI is InChI=1S/C13H15NO2/c1-3-9(2)16-13(15)11-5-4-10-6-7-14-12(10)8-11/h4-9,14H,3H2,1-2H3. The molecule has 0 aliphatic rings. The molecule has 84 valence electrons. The first kappa shape index (κ1) is 10.7. The van der Waals surface area contributed by atoms with Gasteiger partial charge in [-0.05, 0) is 36.9 Å². The number of nitrogens with one attached hydrogen (secondary N) is 1. The van der Waals surface area contributed by atoms with Crippen molar-refractivity contribution in [2.24, 2.45) is 0 Å². The van der Waals surface area contributed by atoms with Crippen molar-refractivity contribution in [2.75, 3.05) is 0 Å². The predicted molar refractivity (Wildman–Crippen MR) is 63.5 cm³/mol. The van der Waals surface area contributed by atoms with Crippen LogP contribution in [-0.2, 0) is 4.74 Å². The lowest BCUT2D eigenvalue weighted by Crippen LogP contribution is -2.13. The number of aromatic nitrogens is 1. The van der Waals surface area contributed by atoms with Crippen LogP contribution in [-0.4, -0.2) is 17.1 Å². The van der Waals surface area contributed by atoms with E-state index in [9.17, 15) is 4.79 Å². The Morgan fingerprint density at radius 2 is 2.25 bits per heavy atom. The zero-order valence-corrected chi connectivity index (χ0v) is 9.49. The summed E-state index contributed by atoms with van der Waals surface area (Å²) in [5.41, 5.74) is 1.55. The smallest absolute Gasteiger partial charge is 0.338 e. The number of ether oxygens (including phenoxy) is 1. The van der Waals surface area contributed by atoms with Crippen molar-refractivity contribution in [3.63, 3.8) is 0 Å². The van der Waals surface area contributed by atoms with Crippen LogP contribution in [0.15, 0.2) is 30.5 Å². The van der Waals surface area contributed by atoms with Gasteiger partial charge in [0.2, 0.25) is 0 Å². The molecule has 16 heavy (non-hydrogen) atoms. The highest BCUT2D eigenvalue weighted by Crippen LogP contribution is 2.15. The van der Waals surface area contributed by atoms with Crippen molar-refractivity contribution >= 4 is 16.9 Å². The quantitative estimate of drug-likeness (QED) is 0.802. The zero-order chi connectivity index (χ0) is 11.5. The van der Waals surface area contributed by atoms with Crippen molar-refractivity contribution in [1.29, 1.82) is 0 Å². The first-order chi connectivity index (χ1) is 7.70. The average Bonchev–Trinajstić information content (AvgIpc) is 2.75. The molecular formula is C13H15NO2. The minimum atomic E-state index is -0.258. The molecule has 2 rings (SSSR count). The normalized spacial score (nSPS) is 12.6. The van der Waals surface area contributed by atoms with E-state index in [1.165, 1.54) is 0 Å². The Balaban J connectivity index is 2.22. The Morgan fingerprint density at radius 1 is 1.44 bits per heavy atom. The average molecular weight is 217 g/mol. The summed E-state index contributed by atoms with van der Waals surface area (Å²) >= 11 is 0. The van der Waals surface area contributed by atoms with Gasteiger partial charge in [-0.1, -0.05) is 13.0 Å². The second kappa shape index (κ2) is 4.39. The molecule has 3 heteroatoms. The first-order valence-corrected chi connectivity index (χ1v) is 5.49. The van der Waals surface area contributed by atoms with Gasteiger partial charge in [0.15, 0.2) is 0 Å². The molecule has 1 N–H and O–H groups in total. The number of H-pyrrole nitrogens is 1. The van der Waals surface area contributed by atoms with Crippen LogP contribution in [0.5, 0.6) is 0 Å². The van der Waals surface area contributed by atoms with Gasteiger partial charge in [-0.3, -0.25) is 0 Å². The molecule has 1 aromatic heterocycles. The van der Waals surface area contributed by atoms with Crippen LogP contribution >= 0.6 is 0 Å². The van der Waals surface area contributed by atoms with Gasteiger partial charge in [0.05, 0.1) is 11.7 Å². The van der Waals surface area contributed by atoms with Crippen LogP contribution in [0.2, 0.25) is 0 Å². The van der Waals surface area contributed by atoms with Gasteiger partial charge in [-0.15, -0.1) is 0 Å². The third kappa shape index (κ3) is 2.08. The molecule has 0 aliphatic heterocycles. The number of aromatic amines is 1. The minimum absolute atomic E-state index is 0.0353. The highest BCUT2D eigenvalue weighted by Gasteiger charge is 2.11. The van der Waals surface area contributed by atoms with Gasteiger partial charge in [0.25, 0.3) is 0 Å². The summed E-state index contributed by atoms with van der Waals surface area (Å²) in [5, 5.41) is 1.10. The van der Waals surface area contributed by atoms with Gasteiger partial charge in [-0.2, -0.15) is 0 Å². The third-order valence-corrected chi connectivity index (χ3v) is 2.67. The van der Waals surface area contributed by atoms with E-state index in [1.807, 2.05) is 38.2 Å². The molecular weight excluding hydrogens is 202 g/mol. The monoisotopic (exact) mass is 217 g/mol. The lowest BCUT2D eigenvalue weighted by molar-refractivity contribution is 0.0334. The molecule has 0 aliphatic carbocycles. The van der Waals surface area contributed by atoms with Crippen LogP contribution in [0, 0.1) is 0 Å². The molecule has 0 spiro atoms. The van der Waals surface area contributed by atoms with Crippen LogP contribution in [0.3, 0.4) is 0 Å². The number of benzene rings is 1. The maximum atomic E-state index is 11.7. The van der Waals surface area contributed by atoms with Gasteiger partial charge in [-0.25, -0.2) is 4.79 Å². The predicted octanol–water partition coefficient (Wildman–Crippen LogP) is 3.12. The Kier molecular flexibility index (Phi) is 2.95. The van der Waals surface area contributed by atoms with Crippen LogP contribution in [0.25, 0.3) is 10.9 Å². The van der Waals surface area contributed by atoms with Crippen LogP contribution in [0.1, 0.15) is 30.6 Å². The molecule has 1 aromatic carbocycles. The summed E-state index contributed by atoms with van der Waals surface area (Å²) in [6, 6.07) is 7.50. The Morgan fingerprint density at radius 3 is 3.00 bits per heavy atom. The van der Waals surface area contributed by atoms with E-state index in [0.29, 0.717) is 5.56 Å². The van der Waals surface area contributed by atoms with E-state index in [2.05, 4.69) is 4.98 Å². The van der Waals surface area contributed by atoms with Crippen molar-refractivity contribution in [3.8, 4) is 0 Å². The molecule has 0 amide bonds. The number of carbonyl (C=O) groups is 1. The molecule has 1 heterocycles. The Labute approximate surface area is 94.4 Å². The van der Waals surface area contributed by atoms with Crippen molar-refractivity contribution < 1.29 is 9.53 Å². The molecule has 1 unspecified atom stereocenters. The number of carbonyl (C=O) groups excluding carboxylic acids is 1. The van der Waals surface area contributed by atoms with E-state index >= 15 is 0 Å². The molecule has 0 radical (unpaired) electrons. The number of esters is 1. The lowest BCUT2D eigenvalue weighted by atomic mass is 10.1. The summed E-state index contributed by atoms with van der Waals surface area (Å²) in [7, 11) is 0. The molecule has 0 fully saturated rings. The van der Waals surface area contributed by atoms with Crippen molar-refractivity contribution in [2.45, 2.75) is 26.4 Å². The van der Waals surface area contributed by atoms with E-state index in [0.717, 1.165) is 17.3 Å². The second-order valence-electron chi connectivity index (χ2n) is 3.90. The fraction of sp³-hybridized carbons (Fsp3) is 0.308. The molecule has 3 nitrogen and oxygen atoms in total. The summed E-state index contributed by atoms with van der Waals surface area (Å²) in [6.45, 7) is 3.89. The number of hydrogen-bond donors (Lipinski definition) is 1. The summed E-state index contributed by atoms with van der Waals surface area (Å²) in [4.78, 5) is 14.8. The van der Waals surface area contributed by atoms with E-state index < -0.39 is 0 Å². The molecule has 0 saturated carbocycles. The topological polar surface area (TPSA) is 42.1 Å². The zero-order valence-electron chi connectivity index (χ0n) is 9.49. The van der Waals surface area contributed by atoms with Gasteiger partial charge < -0.3 is 9.72 Å². The summed E-state index contributed by atoms with van der Waals surface area (Å²) in [5.74, 6) is -0.258. The highest BCUT2D eigenvalue weighted by molar-refractivity contribution is 5.94. The number of fused-ring (bicyclic) bond motifs is 1. The maximum Gasteiger partial charge on any atom is 0.338 e. The second-order valence-corrected chi connectivity index (χ2v) is 3.90. The fourth-order valence-electron chi connectivity index (χ4n) is 1.51. The Hall–Kier alpha value is -1.77. The molecule has 2 aromatic rings. The molecule has 0 saturated heterocycles. The lowest BCUT2D eigenvalue weighted by Gasteiger charge is -2.10. The van der Waals surface area contributed by atoms with E-state index in [4.69, 9.17) is 4.74 Å². The fourth-order valence-corrected chi connectivity index (χ4v) is 1.51. The minimum Gasteiger partial charge on any atom is -0.459 e. The van der Waals surface area contributed by atoms with E-state index in [1.54, 1.807) is 6.07 Å². The molecule has 0 bridgehead atoms. The van der Waals surface area contributed by atoms with Crippen molar-refractivity contribution in [3.05, 3.63) is 36.0 Å². The SMILES string of the molecule is CCC(C)OC(=O)c1ccc2cc[nH]c2c1. The largest absolute Gasteiger partial charge is 0.459 e. The Bertz CT molecular complexity index is 501. The molecule has 1 atom stereocenters. The third-order valence-electron chi connectivity index (χ3n) is 2.67. The summed E-state index contributed by atoms with van der Waals surface area (Å²) < 4.78 is 5.26. The van der Waals surface area contributed by atoms with Crippen LogP contribution in [0.4, 0.5) is 0 Å². The summed E-state index contributed by atoms with van der Waals surface area (Å²) in [6.07, 6.45) is 2.65. The van der Waals surface area contributed by atoms with Gasteiger partial charge in [0, 0.05) is 11.7 Å². The first-order valence-electron chi connectivity index (χ1n) is 5.49. The number of rotatable bonds is 3. The van der Waals surface area contributed by atoms with Gasteiger partial charge in [0.1, 0.15) is 0 Å². The van der Waals surface area contributed by atoms with Crippen molar-refractivity contribution in [1.82, 2.24) is 4.98 Å². The number of hydrogen-bond acceptors (Lipinski definition) is 2. The van der Waals surface area contributed by atoms with E-state index in [-0.39, 0.29) is 12.1 Å². The highest BCUT2D eigenvalue weighted by atomic mass is 16.5. The van der Waals surface area contributed by atoms with Gasteiger partial charge >= 0.3 is 5.97 Å². The maximum absolute atomic E-state index is 11.7. The van der Waals surface area contributed by atoms with Crippen LogP contribution < -0.4 is 0 Å².